The molecule has 1 aromatic heterocycles. The van der Waals surface area contributed by atoms with Gasteiger partial charge in [0.05, 0.1) is 15.6 Å². The SMILES string of the molecule is CN(C)c1ccnc(NC2CCC(CNC(=O)c3c(Cl)cc(Cl)cc3Cl)CC2)n1. The minimum atomic E-state index is -0.272. The zero-order valence-electron chi connectivity index (χ0n) is 16.4. The fourth-order valence-electron chi connectivity index (χ4n) is 3.45. The molecular weight excluding hydrogens is 433 g/mol. The molecule has 0 radical (unpaired) electrons. The van der Waals surface area contributed by atoms with Crippen molar-refractivity contribution in [1.29, 1.82) is 0 Å². The van der Waals surface area contributed by atoms with Crippen molar-refractivity contribution in [2.24, 2.45) is 5.92 Å². The summed E-state index contributed by atoms with van der Waals surface area (Å²) in [6.07, 6.45) is 5.77. The van der Waals surface area contributed by atoms with Gasteiger partial charge in [0, 0.05) is 37.9 Å². The van der Waals surface area contributed by atoms with Gasteiger partial charge in [-0.1, -0.05) is 34.8 Å². The Morgan fingerprint density at radius 1 is 1.14 bits per heavy atom. The van der Waals surface area contributed by atoms with Crippen LogP contribution in [-0.4, -0.2) is 42.6 Å². The van der Waals surface area contributed by atoms with E-state index in [4.69, 9.17) is 34.8 Å². The summed E-state index contributed by atoms with van der Waals surface area (Å²) >= 11 is 18.2. The fraction of sp³-hybridized carbons (Fsp3) is 0.450. The molecule has 0 atom stereocenters. The molecule has 1 amide bonds. The van der Waals surface area contributed by atoms with Crippen molar-refractivity contribution < 1.29 is 4.79 Å². The first kappa shape index (κ1) is 21.9. The topological polar surface area (TPSA) is 70.2 Å². The Bertz CT molecular complexity index is 846. The quantitative estimate of drug-likeness (QED) is 0.647. The number of benzene rings is 1. The maximum Gasteiger partial charge on any atom is 0.254 e. The van der Waals surface area contributed by atoms with Gasteiger partial charge in [-0.2, -0.15) is 4.98 Å². The minimum absolute atomic E-state index is 0.257. The highest BCUT2D eigenvalue weighted by atomic mass is 35.5. The average Bonchev–Trinajstić information content (AvgIpc) is 2.67. The summed E-state index contributed by atoms with van der Waals surface area (Å²) in [5.41, 5.74) is 0.269. The van der Waals surface area contributed by atoms with Crippen molar-refractivity contribution in [1.82, 2.24) is 15.3 Å². The molecule has 1 saturated carbocycles. The summed E-state index contributed by atoms with van der Waals surface area (Å²) in [5, 5.41) is 7.30. The van der Waals surface area contributed by atoms with E-state index in [2.05, 4.69) is 20.6 Å². The zero-order chi connectivity index (χ0) is 21.0. The summed E-state index contributed by atoms with van der Waals surface area (Å²) in [6.45, 7) is 0.591. The van der Waals surface area contributed by atoms with Gasteiger partial charge in [-0.25, -0.2) is 4.98 Å². The lowest BCUT2D eigenvalue weighted by Gasteiger charge is -2.29. The van der Waals surface area contributed by atoms with Crippen LogP contribution in [0.5, 0.6) is 0 Å². The number of hydrogen-bond acceptors (Lipinski definition) is 5. The molecule has 3 rings (SSSR count). The van der Waals surface area contributed by atoms with Crippen molar-refractivity contribution in [3.8, 4) is 0 Å². The Kier molecular flexibility index (Phi) is 7.44. The highest BCUT2D eigenvalue weighted by molar-refractivity contribution is 6.42. The number of halogens is 3. The van der Waals surface area contributed by atoms with Crippen LogP contribution in [0.25, 0.3) is 0 Å². The number of nitrogens with zero attached hydrogens (tertiary/aromatic N) is 3. The monoisotopic (exact) mass is 455 g/mol. The van der Waals surface area contributed by atoms with E-state index < -0.39 is 0 Å². The van der Waals surface area contributed by atoms with E-state index in [9.17, 15) is 4.79 Å². The van der Waals surface area contributed by atoms with Crippen LogP contribution in [0.2, 0.25) is 15.1 Å². The van der Waals surface area contributed by atoms with Gasteiger partial charge < -0.3 is 15.5 Å². The molecule has 29 heavy (non-hydrogen) atoms. The van der Waals surface area contributed by atoms with Gasteiger partial charge in [-0.3, -0.25) is 4.79 Å². The van der Waals surface area contributed by atoms with E-state index in [0.29, 0.717) is 29.5 Å². The Balaban J connectivity index is 1.48. The van der Waals surface area contributed by atoms with Crippen molar-refractivity contribution in [2.45, 2.75) is 31.7 Å². The molecule has 0 aliphatic heterocycles. The van der Waals surface area contributed by atoms with E-state index in [0.717, 1.165) is 31.5 Å². The standard InChI is InChI=1S/C20H24Cl3N5O/c1-28(2)17-7-8-24-20(27-17)26-14-5-3-12(4-6-14)11-25-19(29)18-15(22)9-13(21)10-16(18)23/h7-10,12,14H,3-6,11H2,1-2H3,(H,25,29)(H,24,26,27). The van der Waals surface area contributed by atoms with Gasteiger partial charge in [0.25, 0.3) is 5.91 Å². The third-order valence-corrected chi connectivity index (χ3v) is 5.88. The first-order valence-electron chi connectivity index (χ1n) is 9.53. The van der Waals surface area contributed by atoms with Crippen LogP contribution in [0.4, 0.5) is 11.8 Å². The molecule has 0 spiro atoms. The Morgan fingerprint density at radius 3 is 2.41 bits per heavy atom. The van der Waals surface area contributed by atoms with Gasteiger partial charge in [0.1, 0.15) is 5.82 Å². The molecule has 0 saturated heterocycles. The maximum absolute atomic E-state index is 12.5. The van der Waals surface area contributed by atoms with Crippen LogP contribution in [-0.2, 0) is 0 Å². The lowest BCUT2D eigenvalue weighted by molar-refractivity contribution is 0.0943. The van der Waals surface area contributed by atoms with Crippen LogP contribution in [0.3, 0.4) is 0 Å². The van der Waals surface area contributed by atoms with E-state index in [1.54, 1.807) is 6.20 Å². The summed E-state index contributed by atoms with van der Waals surface area (Å²) < 4.78 is 0. The smallest absolute Gasteiger partial charge is 0.254 e. The summed E-state index contributed by atoms with van der Waals surface area (Å²) in [4.78, 5) is 23.3. The number of anilines is 2. The molecule has 0 bridgehead atoms. The van der Waals surface area contributed by atoms with Gasteiger partial charge in [0.15, 0.2) is 0 Å². The fourth-order valence-corrected chi connectivity index (χ4v) is 4.43. The van der Waals surface area contributed by atoms with Crippen molar-refractivity contribution in [3.63, 3.8) is 0 Å². The molecule has 1 aromatic carbocycles. The Morgan fingerprint density at radius 2 is 1.79 bits per heavy atom. The second-order valence-corrected chi connectivity index (χ2v) is 8.70. The third-order valence-electron chi connectivity index (χ3n) is 5.06. The third kappa shape index (κ3) is 5.87. The molecule has 1 heterocycles. The molecule has 1 aliphatic rings. The van der Waals surface area contributed by atoms with E-state index in [1.807, 2.05) is 25.1 Å². The Labute approximate surface area is 186 Å². The lowest BCUT2D eigenvalue weighted by Crippen LogP contribution is -2.34. The predicted octanol–water partition coefficient (Wildman–Crippen LogP) is 4.90. The minimum Gasteiger partial charge on any atom is -0.363 e. The second-order valence-electron chi connectivity index (χ2n) is 7.45. The number of hydrogen-bond donors (Lipinski definition) is 2. The molecule has 2 N–H and O–H groups in total. The molecule has 6 nitrogen and oxygen atoms in total. The highest BCUT2D eigenvalue weighted by Gasteiger charge is 2.23. The van der Waals surface area contributed by atoms with Gasteiger partial charge in [0.2, 0.25) is 5.95 Å². The van der Waals surface area contributed by atoms with Crippen LogP contribution < -0.4 is 15.5 Å². The van der Waals surface area contributed by atoms with Crippen LogP contribution in [0.15, 0.2) is 24.4 Å². The number of amides is 1. The average molecular weight is 457 g/mol. The van der Waals surface area contributed by atoms with Gasteiger partial charge >= 0.3 is 0 Å². The number of rotatable bonds is 6. The molecular formula is C20H24Cl3N5O. The molecule has 156 valence electrons. The maximum atomic E-state index is 12.5. The largest absolute Gasteiger partial charge is 0.363 e. The summed E-state index contributed by atoms with van der Waals surface area (Å²) in [7, 11) is 3.91. The van der Waals surface area contributed by atoms with E-state index >= 15 is 0 Å². The first-order valence-corrected chi connectivity index (χ1v) is 10.7. The zero-order valence-corrected chi connectivity index (χ0v) is 18.7. The van der Waals surface area contributed by atoms with Gasteiger partial charge in [-0.05, 0) is 49.8 Å². The number of carbonyl (C=O) groups is 1. The molecule has 0 unspecified atom stereocenters. The first-order chi connectivity index (χ1) is 13.8. The van der Waals surface area contributed by atoms with E-state index in [1.165, 1.54) is 12.1 Å². The predicted molar refractivity (Wildman–Crippen MR) is 120 cm³/mol. The van der Waals surface area contributed by atoms with Crippen molar-refractivity contribution in [3.05, 3.63) is 45.0 Å². The molecule has 1 fully saturated rings. The number of carbonyl (C=O) groups excluding carboxylic acids is 1. The summed E-state index contributed by atoms with van der Waals surface area (Å²) in [5.74, 6) is 1.67. The van der Waals surface area contributed by atoms with Crippen molar-refractivity contribution >= 4 is 52.5 Å². The molecule has 1 aliphatic carbocycles. The molecule has 2 aromatic rings. The normalized spacial score (nSPS) is 18.9. The van der Waals surface area contributed by atoms with Crippen LogP contribution in [0.1, 0.15) is 36.0 Å². The number of nitrogens with one attached hydrogen (secondary N) is 2. The Hall–Kier alpha value is -1.76. The van der Waals surface area contributed by atoms with Crippen LogP contribution >= 0.6 is 34.8 Å². The van der Waals surface area contributed by atoms with Crippen molar-refractivity contribution in [2.75, 3.05) is 30.9 Å². The van der Waals surface area contributed by atoms with Gasteiger partial charge in [-0.15, -0.1) is 0 Å². The molecule has 9 heteroatoms. The van der Waals surface area contributed by atoms with Crippen LogP contribution in [0, 0.1) is 5.92 Å². The second kappa shape index (κ2) is 9.83. The number of aromatic nitrogens is 2. The van der Waals surface area contributed by atoms with E-state index in [-0.39, 0.29) is 21.5 Å². The lowest BCUT2D eigenvalue weighted by atomic mass is 9.86. The summed E-state index contributed by atoms with van der Waals surface area (Å²) in [6, 6.07) is 5.26. The highest BCUT2D eigenvalue weighted by Crippen LogP contribution is 2.30.